The Balaban J connectivity index is 2.25. The molecule has 0 aliphatic heterocycles. The van der Waals surface area contributed by atoms with Crippen molar-refractivity contribution < 1.29 is 8.42 Å². The van der Waals surface area contributed by atoms with Crippen LogP contribution in [0.5, 0.6) is 0 Å². The lowest BCUT2D eigenvalue weighted by atomic mass is 10.1. The van der Waals surface area contributed by atoms with Gasteiger partial charge in [0.05, 0.1) is 5.02 Å². The molecule has 1 aromatic rings. The molecule has 4 nitrogen and oxygen atoms in total. The average Bonchev–Trinajstić information content (AvgIpc) is 2.78. The van der Waals surface area contributed by atoms with Crippen LogP contribution < -0.4 is 10.5 Å². The summed E-state index contributed by atoms with van der Waals surface area (Å²) in [5.74, 6) is 0.221. The molecule has 0 radical (unpaired) electrons. The van der Waals surface area contributed by atoms with Gasteiger partial charge < -0.3 is 5.73 Å². The highest BCUT2D eigenvalue weighted by molar-refractivity contribution is 7.89. The van der Waals surface area contributed by atoms with E-state index in [4.69, 9.17) is 17.3 Å². The van der Waals surface area contributed by atoms with E-state index in [1.165, 1.54) is 0 Å². The first-order valence-corrected chi connectivity index (χ1v) is 8.28. The normalized spacial score (nSPS) is 23.7. The molecule has 6 heteroatoms. The number of rotatable bonds is 4. The number of nitrogens with one attached hydrogen (secondary N) is 1. The number of nitrogens with two attached hydrogens (primary N) is 1. The zero-order valence-electron chi connectivity index (χ0n) is 10.9. The average molecular weight is 303 g/mol. The zero-order valence-corrected chi connectivity index (χ0v) is 12.5. The fourth-order valence-electron chi connectivity index (χ4n) is 2.55. The summed E-state index contributed by atoms with van der Waals surface area (Å²) in [7, 11) is -3.58. The third-order valence-electron chi connectivity index (χ3n) is 3.64. The second-order valence-corrected chi connectivity index (χ2v) is 7.18. The summed E-state index contributed by atoms with van der Waals surface area (Å²) < 4.78 is 27.5. The van der Waals surface area contributed by atoms with E-state index in [1.54, 1.807) is 18.2 Å². The predicted octanol–water partition coefficient (Wildman–Crippen LogP) is 2.05. The smallest absolute Gasteiger partial charge is 0.242 e. The van der Waals surface area contributed by atoms with Crippen molar-refractivity contribution in [2.75, 3.05) is 6.54 Å². The summed E-state index contributed by atoms with van der Waals surface area (Å²) in [5, 5.41) is 0.250. The minimum absolute atomic E-state index is 0.0772. The van der Waals surface area contributed by atoms with Crippen LogP contribution in [-0.4, -0.2) is 21.0 Å². The number of hydrogen-bond donors (Lipinski definition) is 2. The van der Waals surface area contributed by atoms with Gasteiger partial charge in [-0.05, 0) is 49.9 Å². The highest BCUT2D eigenvalue weighted by Crippen LogP contribution is 2.28. The lowest BCUT2D eigenvalue weighted by Gasteiger charge is -2.20. The monoisotopic (exact) mass is 302 g/mol. The Bertz CT molecular complexity index is 560. The van der Waals surface area contributed by atoms with Gasteiger partial charge in [-0.15, -0.1) is 0 Å². The van der Waals surface area contributed by atoms with Crippen molar-refractivity contribution in [3.05, 3.63) is 28.8 Å². The van der Waals surface area contributed by atoms with Crippen LogP contribution in [0.4, 0.5) is 0 Å². The summed E-state index contributed by atoms with van der Waals surface area (Å²) in [5.41, 5.74) is 6.54. The molecule has 2 unspecified atom stereocenters. The minimum atomic E-state index is -3.58. The molecule has 2 rings (SSSR count). The van der Waals surface area contributed by atoms with Gasteiger partial charge in [-0.2, -0.15) is 0 Å². The van der Waals surface area contributed by atoms with E-state index < -0.39 is 10.0 Å². The van der Waals surface area contributed by atoms with Gasteiger partial charge in [0.1, 0.15) is 4.90 Å². The molecular weight excluding hydrogens is 284 g/mol. The maximum absolute atomic E-state index is 12.4. The molecule has 3 N–H and O–H groups in total. The number of aryl methyl sites for hydroxylation is 1. The van der Waals surface area contributed by atoms with E-state index in [9.17, 15) is 8.42 Å². The lowest BCUT2D eigenvalue weighted by Crippen LogP contribution is -2.39. The molecule has 1 aliphatic carbocycles. The summed E-state index contributed by atoms with van der Waals surface area (Å²) in [6.45, 7) is 2.35. The van der Waals surface area contributed by atoms with Crippen LogP contribution in [0.25, 0.3) is 0 Å². The number of benzene rings is 1. The van der Waals surface area contributed by atoms with E-state index in [-0.39, 0.29) is 21.9 Å². The first-order chi connectivity index (χ1) is 8.94. The quantitative estimate of drug-likeness (QED) is 0.894. The van der Waals surface area contributed by atoms with Gasteiger partial charge >= 0.3 is 0 Å². The first kappa shape index (κ1) is 14.8. The first-order valence-electron chi connectivity index (χ1n) is 6.42. The van der Waals surface area contributed by atoms with Gasteiger partial charge in [0, 0.05) is 6.04 Å². The van der Waals surface area contributed by atoms with Crippen molar-refractivity contribution >= 4 is 21.6 Å². The van der Waals surface area contributed by atoms with Crippen LogP contribution in [0.2, 0.25) is 5.02 Å². The zero-order chi connectivity index (χ0) is 14.0. The van der Waals surface area contributed by atoms with E-state index >= 15 is 0 Å². The standard InChI is InChI=1S/C13H19ClN2O2S/c1-9-5-6-11(14)13(7-9)19(17,18)16-12-4-2-3-10(12)8-15/h5-7,10,12,16H,2-4,8,15H2,1H3. The Morgan fingerprint density at radius 1 is 1.42 bits per heavy atom. The molecular formula is C13H19ClN2O2S. The van der Waals surface area contributed by atoms with Crippen molar-refractivity contribution in [3.63, 3.8) is 0 Å². The van der Waals surface area contributed by atoms with Crippen LogP contribution in [0.1, 0.15) is 24.8 Å². The molecule has 0 amide bonds. The Morgan fingerprint density at radius 2 is 2.16 bits per heavy atom. The van der Waals surface area contributed by atoms with E-state index in [2.05, 4.69) is 4.72 Å². The van der Waals surface area contributed by atoms with Gasteiger partial charge in [-0.3, -0.25) is 0 Å². The second-order valence-electron chi connectivity index (χ2n) is 5.09. The molecule has 0 heterocycles. The summed E-state index contributed by atoms with van der Waals surface area (Å²) in [6.07, 6.45) is 2.83. The SMILES string of the molecule is Cc1ccc(Cl)c(S(=O)(=O)NC2CCCC2CN)c1. The second kappa shape index (κ2) is 5.79. The molecule has 0 bridgehead atoms. The van der Waals surface area contributed by atoms with Crippen LogP contribution in [-0.2, 0) is 10.0 Å². The number of halogens is 1. The Morgan fingerprint density at radius 3 is 2.84 bits per heavy atom. The van der Waals surface area contributed by atoms with Crippen molar-refractivity contribution in [2.45, 2.75) is 37.1 Å². The molecule has 19 heavy (non-hydrogen) atoms. The fourth-order valence-corrected chi connectivity index (χ4v) is 4.48. The Hall–Kier alpha value is -0.620. The highest BCUT2D eigenvalue weighted by atomic mass is 35.5. The van der Waals surface area contributed by atoms with Gasteiger partial charge in [0.2, 0.25) is 10.0 Å². The Kier molecular flexibility index (Phi) is 4.50. The van der Waals surface area contributed by atoms with Gasteiger partial charge in [-0.25, -0.2) is 13.1 Å². The molecule has 0 saturated heterocycles. The van der Waals surface area contributed by atoms with E-state index in [1.807, 2.05) is 6.92 Å². The van der Waals surface area contributed by atoms with Gasteiger partial charge in [0.25, 0.3) is 0 Å². The fraction of sp³-hybridized carbons (Fsp3) is 0.538. The largest absolute Gasteiger partial charge is 0.330 e. The van der Waals surface area contributed by atoms with Gasteiger partial charge in [-0.1, -0.05) is 24.1 Å². The van der Waals surface area contributed by atoms with Crippen molar-refractivity contribution in [2.24, 2.45) is 11.7 Å². The molecule has 1 aliphatic rings. The molecule has 1 fully saturated rings. The third kappa shape index (κ3) is 3.28. The van der Waals surface area contributed by atoms with E-state index in [0.29, 0.717) is 6.54 Å². The van der Waals surface area contributed by atoms with E-state index in [0.717, 1.165) is 24.8 Å². The maximum atomic E-state index is 12.4. The third-order valence-corrected chi connectivity index (χ3v) is 5.62. The minimum Gasteiger partial charge on any atom is -0.330 e. The number of hydrogen-bond acceptors (Lipinski definition) is 3. The van der Waals surface area contributed by atoms with Crippen LogP contribution in [0, 0.1) is 12.8 Å². The van der Waals surface area contributed by atoms with Crippen molar-refractivity contribution in [1.29, 1.82) is 0 Å². The van der Waals surface area contributed by atoms with Gasteiger partial charge in [0.15, 0.2) is 0 Å². The lowest BCUT2D eigenvalue weighted by molar-refractivity contribution is 0.453. The maximum Gasteiger partial charge on any atom is 0.242 e. The molecule has 1 saturated carbocycles. The molecule has 1 aromatic carbocycles. The Labute approximate surface area is 119 Å². The van der Waals surface area contributed by atoms with Crippen molar-refractivity contribution in [1.82, 2.24) is 4.72 Å². The predicted molar refractivity (Wildman–Crippen MR) is 76.7 cm³/mol. The molecule has 0 spiro atoms. The van der Waals surface area contributed by atoms with Crippen LogP contribution >= 0.6 is 11.6 Å². The van der Waals surface area contributed by atoms with Crippen LogP contribution in [0.15, 0.2) is 23.1 Å². The highest BCUT2D eigenvalue weighted by Gasteiger charge is 2.31. The molecule has 106 valence electrons. The summed E-state index contributed by atoms with van der Waals surface area (Å²) >= 11 is 5.99. The van der Waals surface area contributed by atoms with Crippen molar-refractivity contribution in [3.8, 4) is 0 Å². The topological polar surface area (TPSA) is 72.2 Å². The summed E-state index contributed by atoms with van der Waals surface area (Å²) in [4.78, 5) is 0.150. The summed E-state index contributed by atoms with van der Waals surface area (Å²) in [6, 6.07) is 4.92. The van der Waals surface area contributed by atoms with Crippen LogP contribution in [0.3, 0.4) is 0 Å². The number of sulfonamides is 1. The molecule has 0 aromatic heterocycles. The molecule has 2 atom stereocenters.